The smallest absolute Gasteiger partial charge is 0.123 e. The third kappa shape index (κ3) is 2.99. The first kappa shape index (κ1) is 11.6. The highest BCUT2D eigenvalue weighted by Crippen LogP contribution is 2.28. The van der Waals surface area contributed by atoms with Crippen molar-refractivity contribution in [2.45, 2.75) is 26.2 Å². The molecule has 0 N–H and O–H groups in total. The Morgan fingerprint density at radius 2 is 2.20 bits per heavy atom. The minimum atomic E-state index is -0.234. The zero-order valence-electron chi connectivity index (χ0n) is 9.30. The quantitative estimate of drug-likeness (QED) is 0.689. The Morgan fingerprint density at radius 3 is 2.80 bits per heavy atom. The first-order valence-corrected chi connectivity index (χ1v) is 4.92. The van der Waals surface area contributed by atoms with Gasteiger partial charge in [-0.05, 0) is 31.0 Å². The summed E-state index contributed by atoms with van der Waals surface area (Å²) in [6.07, 6.45) is 0.719. The summed E-state index contributed by atoms with van der Waals surface area (Å²) in [4.78, 5) is 0. The fourth-order valence-electron chi connectivity index (χ4n) is 1.46. The molecule has 0 aliphatic rings. The largest absolute Gasteiger partial charge is 0.496 e. The van der Waals surface area contributed by atoms with Gasteiger partial charge in [-0.25, -0.2) is 4.39 Å². The number of benzene rings is 1. The van der Waals surface area contributed by atoms with Crippen LogP contribution in [-0.4, -0.2) is 7.11 Å². The predicted molar refractivity (Wildman–Crippen MR) is 59.4 cm³/mol. The van der Waals surface area contributed by atoms with Crippen LogP contribution in [0.15, 0.2) is 18.2 Å². The number of hydrogen-bond donors (Lipinski definition) is 0. The van der Waals surface area contributed by atoms with Gasteiger partial charge in [0.1, 0.15) is 11.6 Å². The van der Waals surface area contributed by atoms with E-state index in [-0.39, 0.29) is 11.7 Å². The van der Waals surface area contributed by atoms with Crippen LogP contribution in [-0.2, 0) is 0 Å². The Morgan fingerprint density at radius 1 is 1.47 bits per heavy atom. The Kier molecular flexibility index (Phi) is 4.17. The average molecular weight is 206 g/mol. The summed E-state index contributed by atoms with van der Waals surface area (Å²) in [6, 6.07) is 4.57. The molecule has 0 amide bonds. The van der Waals surface area contributed by atoms with Crippen LogP contribution in [0.5, 0.6) is 5.75 Å². The second-order valence-corrected chi connectivity index (χ2v) is 3.42. The molecule has 0 saturated heterocycles. The molecule has 0 bridgehead atoms. The van der Waals surface area contributed by atoms with Crippen molar-refractivity contribution in [3.63, 3.8) is 0 Å². The van der Waals surface area contributed by atoms with Crippen molar-refractivity contribution in [2.75, 3.05) is 7.11 Å². The van der Waals surface area contributed by atoms with Crippen LogP contribution in [0.2, 0.25) is 0 Å². The monoisotopic (exact) mass is 206 g/mol. The Labute approximate surface area is 90.3 Å². The van der Waals surface area contributed by atoms with Gasteiger partial charge >= 0.3 is 0 Å². The Hall–Kier alpha value is -1.49. The molecule has 1 nitrogen and oxygen atoms in total. The molecule has 1 unspecified atom stereocenters. The summed E-state index contributed by atoms with van der Waals surface area (Å²) in [7, 11) is 1.59. The summed E-state index contributed by atoms with van der Waals surface area (Å²) >= 11 is 0. The van der Waals surface area contributed by atoms with Gasteiger partial charge in [-0.2, -0.15) is 0 Å². The van der Waals surface area contributed by atoms with Crippen LogP contribution in [0.1, 0.15) is 31.7 Å². The van der Waals surface area contributed by atoms with Crippen molar-refractivity contribution in [1.82, 2.24) is 0 Å². The zero-order valence-corrected chi connectivity index (χ0v) is 9.30. The van der Waals surface area contributed by atoms with Gasteiger partial charge in [-0.15, -0.1) is 11.8 Å². The molecule has 80 valence electrons. The molecule has 0 radical (unpaired) electrons. The fourth-order valence-corrected chi connectivity index (χ4v) is 1.46. The molecule has 1 atom stereocenters. The Bertz CT molecular complexity index is 387. The van der Waals surface area contributed by atoms with E-state index in [0.717, 1.165) is 17.7 Å². The standard InChI is InChI=1S/C13H15FO/c1-4-5-6-10(2)12-9-11(14)7-8-13(12)15-3/h7-10H,6H2,1-3H3. The highest BCUT2D eigenvalue weighted by molar-refractivity contribution is 5.37. The summed E-state index contributed by atoms with van der Waals surface area (Å²) in [5, 5.41) is 0. The van der Waals surface area contributed by atoms with Crippen LogP contribution in [0.25, 0.3) is 0 Å². The van der Waals surface area contributed by atoms with Gasteiger partial charge in [0.2, 0.25) is 0 Å². The van der Waals surface area contributed by atoms with E-state index >= 15 is 0 Å². The maximum atomic E-state index is 13.1. The van der Waals surface area contributed by atoms with Crippen molar-refractivity contribution >= 4 is 0 Å². The lowest BCUT2D eigenvalue weighted by Gasteiger charge is -2.13. The lowest BCUT2D eigenvalue weighted by atomic mass is 9.97. The van der Waals surface area contributed by atoms with Crippen LogP contribution in [0.4, 0.5) is 4.39 Å². The molecule has 2 heteroatoms. The lowest BCUT2D eigenvalue weighted by molar-refractivity contribution is 0.405. The van der Waals surface area contributed by atoms with Gasteiger partial charge in [0.15, 0.2) is 0 Å². The van der Waals surface area contributed by atoms with Crippen molar-refractivity contribution in [1.29, 1.82) is 0 Å². The van der Waals surface area contributed by atoms with Gasteiger partial charge in [0.05, 0.1) is 7.11 Å². The highest BCUT2D eigenvalue weighted by atomic mass is 19.1. The minimum Gasteiger partial charge on any atom is -0.496 e. The molecule has 0 heterocycles. The minimum absolute atomic E-state index is 0.183. The molecule has 0 aromatic heterocycles. The van der Waals surface area contributed by atoms with Crippen LogP contribution in [0, 0.1) is 17.7 Å². The number of hydrogen-bond acceptors (Lipinski definition) is 1. The van der Waals surface area contributed by atoms with Crippen molar-refractivity contribution < 1.29 is 9.13 Å². The van der Waals surface area contributed by atoms with Gasteiger partial charge in [0, 0.05) is 12.0 Å². The maximum Gasteiger partial charge on any atom is 0.123 e. The predicted octanol–water partition coefficient (Wildman–Crippen LogP) is 3.35. The fraction of sp³-hybridized carbons (Fsp3) is 0.385. The SMILES string of the molecule is CC#CCC(C)c1cc(F)ccc1OC. The van der Waals surface area contributed by atoms with Crippen LogP contribution >= 0.6 is 0 Å². The summed E-state index contributed by atoms with van der Waals surface area (Å²) in [5.41, 5.74) is 0.875. The third-order valence-electron chi connectivity index (χ3n) is 2.31. The molecule has 1 aromatic rings. The van der Waals surface area contributed by atoms with Crippen molar-refractivity contribution in [3.8, 4) is 17.6 Å². The molecule has 1 aromatic carbocycles. The van der Waals surface area contributed by atoms with E-state index in [0.29, 0.717) is 0 Å². The van der Waals surface area contributed by atoms with Crippen molar-refractivity contribution in [2.24, 2.45) is 0 Å². The third-order valence-corrected chi connectivity index (χ3v) is 2.31. The Balaban J connectivity index is 2.97. The molecule has 0 aliphatic heterocycles. The second kappa shape index (κ2) is 5.41. The van der Waals surface area contributed by atoms with E-state index in [1.165, 1.54) is 12.1 Å². The topological polar surface area (TPSA) is 9.23 Å². The number of halogens is 1. The number of rotatable bonds is 3. The van der Waals surface area contributed by atoms with Crippen molar-refractivity contribution in [3.05, 3.63) is 29.6 Å². The van der Waals surface area contributed by atoms with Crippen LogP contribution in [0.3, 0.4) is 0 Å². The summed E-state index contributed by atoms with van der Waals surface area (Å²) in [6.45, 7) is 3.82. The van der Waals surface area contributed by atoms with E-state index in [2.05, 4.69) is 11.8 Å². The van der Waals surface area contributed by atoms with E-state index < -0.39 is 0 Å². The molecule has 0 spiro atoms. The lowest BCUT2D eigenvalue weighted by Crippen LogP contribution is -1.97. The first-order valence-electron chi connectivity index (χ1n) is 4.92. The summed E-state index contributed by atoms with van der Waals surface area (Å²) < 4.78 is 18.3. The van der Waals surface area contributed by atoms with Gasteiger partial charge in [-0.3, -0.25) is 0 Å². The van der Waals surface area contributed by atoms with Gasteiger partial charge < -0.3 is 4.74 Å². The maximum absolute atomic E-state index is 13.1. The molecule has 0 saturated carbocycles. The van der Waals surface area contributed by atoms with Gasteiger partial charge in [-0.1, -0.05) is 6.92 Å². The van der Waals surface area contributed by atoms with E-state index in [1.54, 1.807) is 20.1 Å². The molecular formula is C13H15FO. The van der Waals surface area contributed by atoms with E-state index in [9.17, 15) is 4.39 Å². The normalized spacial score (nSPS) is 11.5. The molecular weight excluding hydrogens is 191 g/mol. The average Bonchev–Trinajstić information content (AvgIpc) is 2.25. The first-order chi connectivity index (χ1) is 7.19. The highest BCUT2D eigenvalue weighted by Gasteiger charge is 2.11. The molecule has 0 aliphatic carbocycles. The zero-order chi connectivity index (χ0) is 11.3. The van der Waals surface area contributed by atoms with E-state index in [1.807, 2.05) is 6.92 Å². The molecule has 0 fully saturated rings. The molecule has 1 rings (SSSR count). The van der Waals surface area contributed by atoms with Crippen LogP contribution < -0.4 is 4.74 Å². The number of methoxy groups -OCH3 is 1. The summed E-state index contributed by atoms with van der Waals surface area (Å²) in [5.74, 6) is 6.50. The second-order valence-electron chi connectivity index (χ2n) is 3.42. The molecule has 15 heavy (non-hydrogen) atoms. The number of ether oxygens (including phenoxy) is 1. The van der Waals surface area contributed by atoms with Gasteiger partial charge in [0.25, 0.3) is 0 Å². The van der Waals surface area contributed by atoms with E-state index in [4.69, 9.17) is 4.74 Å².